The highest BCUT2D eigenvalue weighted by Crippen LogP contribution is 2.30. The summed E-state index contributed by atoms with van der Waals surface area (Å²) in [7, 11) is 1.94. The molecule has 0 saturated carbocycles. The molecule has 0 amide bonds. The van der Waals surface area contributed by atoms with E-state index < -0.39 is 0 Å². The van der Waals surface area contributed by atoms with Crippen LogP contribution >= 0.6 is 31.9 Å². The SMILES string of the molecule is Cc1cc(COc2c(C)cc(Br)cc2CBr)n(C)n1. The summed E-state index contributed by atoms with van der Waals surface area (Å²) in [4.78, 5) is 0. The fourth-order valence-electron chi connectivity index (χ4n) is 2.05. The number of alkyl halides is 1. The molecule has 0 N–H and O–H groups in total. The molecule has 0 unspecified atom stereocenters. The lowest BCUT2D eigenvalue weighted by atomic mass is 10.1. The van der Waals surface area contributed by atoms with Crippen molar-refractivity contribution in [1.82, 2.24) is 9.78 Å². The first-order chi connectivity index (χ1) is 9.01. The molecule has 2 rings (SSSR count). The molecule has 0 spiro atoms. The van der Waals surface area contributed by atoms with Crippen molar-refractivity contribution in [2.24, 2.45) is 7.05 Å². The highest BCUT2D eigenvalue weighted by atomic mass is 79.9. The number of rotatable bonds is 4. The summed E-state index contributed by atoms with van der Waals surface area (Å²) in [6.07, 6.45) is 0. The van der Waals surface area contributed by atoms with E-state index in [1.165, 1.54) is 0 Å². The summed E-state index contributed by atoms with van der Waals surface area (Å²) in [5.41, 5.74) is 4.35. The van der Waals surface area contributed by atoms with Crippen LogP contribution in [0.3, 0.4) is 0 Å². The standard InChI is InChI=1S/C14H16Br2N2O/c1-9-4-12(16)6-11(7-15)14(9)19-8-13-5-10(2)17-18(13)3/h4-6H,7-8H2,1-3H3. The van der Waals surface area contributed by atoms with Crippen LogP contribution in [0.2, 0.25) is 0 Å². The maximum Gasteiger partial charge on any atom is 0.130 e. The minimum Gasteiger partial charge on any atom is -0.487 e. The molecule has 0 atom stereocenters. The van der Waals surface area contributed by atoms with Gasteiger partial charge < -0.3 is 4.74 Å². The quantitative estimate of drug-likeness (QED) is 0.732. The topological polar surface area (TPSA) is 27.1 Å². The van der Waals surface area contributed by atoms with Crippen molar-refractivity contribution in [3.8, 4) is 5.75 Å². The van der Waals surface area contributed by atoms with Crippen LogP contribution in [0.5, 0.6) is 5.75 Å². The average molecular weight is 388 g/mol. The molecule has 1 aromatic carbocycles. The zero-order valence-electron chi connectivity index (χ0n) is 11.2. The molecular formula is C14H16Br2N2O. The van der Waals surface area contributed by atoms with Gasteiger partial charge in [0, 0.05) is 22.4 Å². The second-order valence-electron chi connectivity index (χ2n) is 4.53. The van der Waals surface area contributed by atoms with E-state index in [1.54, 1.807) is 0 Å². The Kier molecular flexibility index (Phi) is 4.68. The number of ether oxygens (including phenoxy) is 1. The van der Waals surface area contributed by atoms with Gasteiger partial charge in [0.1, 0.15) is 12.4 Å². The van der Waals surface area contributed by atoms with E-state index in [-0.39, 0.29) is 0 Å². The van der Waals surface area contributed by atoms with E-state index >= 15 is 0 Å². The van der Waals surface area contributed by atoms with Crippen molar-refractivity contribution in [3.05, 3.63) is 45.2 Å². The smallest absolute Gasteiger partial charge is 0.130 e. The predicted molar refractivity (Wildman–Crippen MR) is 83.8 cm³/mol. The largest absolute Gasteiger partial charge is 0.487 e. The van der Waals surface area contributed by atoms with Gasteiger partial charge in [-0.05, 0) is 37.6 Å². The van der Waals surface area contributed by atoms with E-state index in [4.69, 9.17) is 4.74 Å². The molecule has 102 valence electrons. The van der Waals surface area contributed by atoms with Crippen LogP contribution in [-0.4, -0.2) is 9.78 Å². The van der Waals surface area contributed by atoms with Gasteiger partial charge in [-0.15, -0.1) is 0 Å². The van der Waals surface area contributed by atoms with Gasteiger partial charge in [-0.1, -0.05) is 31.9 Å². The van der Waals surface area contributed by atoms with Crippen molar-refractivity contribution in [3.63, 3.8) is 0 Å². The highest BCUT2D eigenvalue weighted by molar-refractivity contribution is 9.10. The number of aromatic nitrogens is 2. The van der Waals surface area contributed by atoms with Gasteiger partial charge in [0.05, 0.1) is 11.4 Å². The first-order valence-corrected chi connectivity index (χ1v) is 7.90. The molecule has 0 aliphatic heterocycles. The van der Waals surface area contributed by atoms with Crippen LogP contribution in [0.15, 0.2) is 22.7 Å². The molecule has 3 nitrogen and oxygen atoms in total. The second-order valence-corrected chi connectivity index (χ2v) is 6.01. The van der Waals surface area contributed by atoms with Gasteiger partial charge >= 0.3 is 0 Å². The Hall–Kier alpha value is -0.810. The van der Waals surface area contributed by atoms with Crippen molar-refractivity contribution < 1.29 is 4.74 Å². The van der Waals surface area contributed by atoms with E-state index in [2.05, 4.69) is 56.0 Å². The van der Waals surface area contributed by atoms with Crippen LogP contribution in [0.25, 0.3) is 0 Å². The third-order valence-electron chi connectivity index (χ3n) is 2.92. The van der Waals surface area contributed by atoms with Gasteiger partial charge in [-0.2, -0.15) is 5.10 Å². The number of aryl methyl sites for hydroxylation is 3. The lowest BCUT2D eigenvalue weighted by molar-refractivity contribution is 0.290. The van der Waals surface area contributed by atoms with E-state index in [9.17, 15) is 0 Å². The first-order valence-electron chi connectivity index (χ1n) is 5.98. The van der Waals surface area contributed by atoms with Crippen LogP contribution in [0, 0.1) is 13.8 Å². The van der Waals surface area contributed by atoms with Crippen molar-refractivity contribution in [2.75, 3.05) is 0 Å². The Morgan fingerprint density at radius 3 is 2.58 bits per heavy atom. The molecule has 0 aliphatic rings. The summed E-state index contributed by atoms with van der Waals surface area (Å²) in [6.45, 7) is 4.57. The minimum atomic E-state index is 0.528. The van der Waals surface area contributed by atoms with Crippen molar-refractivity contribution in [2.45, 2.75) is 25.8 Å². The molecule has 0 saturated heterocycles. The third-order valence-corrected chi connectivity index (χ3v) is 3.99. The third kappa shape index (κ3) is 3.39. The van der Waals surface area contributed by atoms with E-state index in [0.29, 0.717) is 6.61 Å². The summed E-state index contributed by atoms with van der Waals surface area (Å²) in [5.74, 6) is 0.943. The maximum atomic E-state index is 5.98. The maximum absolute atomic E-state index is 5.98. The highest BCUT2D eigenvalue weighted by Gasteiger charge is 2.10. The summed E-state index contributed by atoms with van der Waals surface area (Å²) in [5, 5.41) is 5.09. The van der Waals surface area contributed by atoms with Crippen LogP contribution < -0.4 is 4.74 Å². The van der Waals surface area contributed by atoms with Gasteiger partial charge in [0.2, 0.25) is 0 Å². The molecule has 1 heterocycles. The number of nitrogens with zero attached hydrogens (tertiary/aromatic N) is 2. The number of hydrogen-bond acceptors (Lipinski definition) is 2. The zero-order chi connectivity index (χ0) is 14.0. The fraction of sp³-hybridized carbons (Fsp3) is 0.357. The normalized spacial score (nSPS) is 10.8. The fourth-order valence-corrected chi connectivity index (χ4v) is 3.09. The Labute approximate surface area is 130 Å². The van der Waals surface area contributed by atoms with Crippen LogP contribution in [0.4, 0.5) is 0 Å². The van der Waals surface area contributed by atoms with E-state index in [1.807, 2.05) is 24.7 Å². The minimum absolute atomic E-state index is 0.528. The molecule has 1 aromatic heterocycles. The van der Waals surface area contributed by atoms with Gasteiger partial charge in [0.25, 0.3) is 0 Å². The Morgan fingerprint density at radius 1 is 1.26 bits per heavy atom. The number of hydrogen-bond donors (Lipinski definition) is 0. The molecular weight excluding hydrogens is 372 g/mol. The molecule has 0 bridgehead atoms. The average Bonchev–Trinajstić information content (AvgIpc) is 2.65. The van der Waals surface area contributed by atoms with Crippen molar-refractivity contribution >= 4 is 31.9 Å². The Balaban J connectivity index is 2.22. The molecule has 19 heavy (non-hydrogen) atoms. The predicted octanol–water partition coefficient (Wildman–Crippen LogP) is 4.27. The van der Waals surface area contributed by atoms with Gasteiger partial charge in [-0.25, -0.2) is 0 Å². The Bertz CT molecular complexity index is 593. The number of benzene rings is 1. The molecule has 0 fully saturated rings. The van der Waals surface area contributed by atoms with Gasteiger partial charge in [-0.3, -0.25) is 4.68 Å². The lowest BCUT2D eigenvalue weighted by Gasteiger charge is -2.13. The van der Waals surface area contributed by atoms with Crippen LogP contribution in [-0.2, 0) is 19.0 Å². The number of halogens is 2. The summed E-state index contributed by atoms with van der Waals surface area (Å²) >= 11 is 7.01. The lowest BCUT2D eigenvalue weighted by Crippen LogP contribution is -2.05. The summed E-state index contributed by atoms with van der Waals surface area (Å²) < 4.78 is 8.91. The molecule has 0 aliphatic carbocycles. The monoisotopic (exact) mass is 386 g/mol. The first kappa shape index (κ1) is 14.6. The zero-order valence-corrected chi connectivity index (χ0v) is 14.4. The Morgan fingerprint density at radius 2 is 2.00 bits per heavy atom. The molecule has 0 radical (unpaired) electrons. The molecule has 2 aromatic rings. The van der Waals surface area contributed by atoms with E-state index in [0.717, 1.165) is 38.1 Å². The second kappa shape index (κ2) is 6.09. The van der Waals surface area contributed by atoms with Gasteiger partial charge in [0.15, 0.2) is 0 Å². The molecule has 5 heteroatoms. The summed E-state index contributed by atoms with van der Waals surface area (Å²) in [6, 6.07) is 6.18. The van der Waals surface area contributed by atoms with Crippen molar-refractivity contribution in [1.29, 1.82) is 0 Å². The van der Waals surface area contributed by atoms with Crippen LogP contribution in [0.1, 0.15) is 22.5 Å².